The van der Waals surface area contributed by atoms with Crippen LogP contribution in [-0.4, -0.2) is 19.6 Å². The molecule has 1 aliphatic rings. The largest absolute Gasteiger partial charge is 0.369 e. The number of piperidine rings is 1. The van der Waals surface area contributed by atoms with Crippen LogP contribution in [0.3, 0.4) is 0 Å². The summed E-state index contributed by atoms with van der Waals surface area (Å²) < 4.78 is 0. The summed E-state index contributed by atoms with van der Waals surface area (Å²) in [4.78, 5) is 2.56. The lowest BCUT2D eigenvalue weighted by atomic mass is 9.94. The van der Waals surface area contributed by atoms with Crippen molar-refractivity contribution in [3.8, 4) is 0 Å². The molecular weight excluding hydrogens is 220 g/mol. The molecule has 100 valence electrons. The summed E-state index contributed by atoms with van der Waals surface area (Å²) in [6, 6.07) is 10.2. The molecule has 0 aromatic heterocycles. The Morgan fingerprint density at radius 1 is 1.17 bits per heavy atom. The van der Waals surface area contributed by atoms with Crippen molar-refractivity contribution in [1.29, 1.82) is 0 Å². The highest BCUT2D eigenvalue weighted by atomic mass is 15.2. The molecule has 1 aliphatic heterocycles. The van der Waals surface area contributed by atoms with E-state index >= 15 is 0 Å². The van der Waals surface area contributed by atoms with E-state index in [0.29, 0.717) is 12.1 Å². The molecule has 1 aromatic carbocycles. The van der Waals surface area contributed by atoms with Gasteiger partial charge >= 0.3 is 0 Å². The normalized spacial score (nSPS) is 26.1. The monoisotopic (exact) mass is 246 g/mol. The Balaban J connectivity index is 2.13. The van der Waals surface area contributed by atoms with E-state index in [1.807, 2.05) is 7.05 Å². The molecule has 3 atom stereocenters. The van der Waals surface area contributed by atoms with Crippen LogP contribution < -0.4 is 10.2 Å². The number of nitrogens with zero attached hydrogens (tertiary/aromatic N) is 1. The fourth-order valence-electron chi connectivity index (χ4n) is 2.77. The van der Waals surface area contributed by atoms with E-state index in [1.165, 1.54) is 30.6 Å². The van der Waals surface area contributed by atoms with Gasteiger partial charge in [-0.3, -0.25) is 0 Å². The fourth-order valence-corrected chi connectivity index (χ4v) is 2.77. The van der Waals surface area contributed by atoms with Crippen LogP contribution in [0.1, 0.15) is 45.2 Å². The standard InChI is InChI=1S/C16H26N2/c1-12-5-6-13(2)18(11-12)16-9-7-15(8-10-16)14(3)17-4/h7-10,12-14,17H,5-6,11H2,1-4H3. The first-order valence-corrected chi connectivity index (χ1v) is 7.15. The van der Waals surface area contributed by atoms with E-state index in [2.05, 4.69) is 55.3 Å². The van der Waals surface area contributed by atoms with Gasteiger partial charge in [0.25, 0.3) is 0 Å². The highest BCUT2D eigenvalue weighted by molar-refractivity contribution is 5.49. The molecule has 18 heavy (non-hydrogen) atoms. The van der Waals surface area contributed by atoms with Crippen molar-refractivity contribution >= 4 is 5.69 Å². The minimum atomic E-state index is 0.428. The SMILES string of the molecule is CNC(C)c1ccc(N2CC(C)CCC2C)cc1. The van der Waals surface area contributed by atoms with Gasteiger partial charge in [-0.25, -0.2) is 0 Å². The third-order valence-electron chi connectivity index (χ3n) is 4.28. The Hall–Kier alpha value is -1.02. The molecule has 0 saturated carbocycles. The van der Waals surface area contributed by atoms with Crippen molar-refractivity contribution in [2.75, 3.05) is 18.5 Å². The molecule has 2 rings (SSSR count). The van der Waals surface area contributed by atoms with E-state index in [4.69, 9.17) is 0 Å². The molecule has 1 saturated heterocycles. The second kappa shape index (κ2) is 5.75. The van der Waals surface area contributed by atoms with Crippen molar-refractivity contribution in [3.05, 3.63) is 29.8 Å². The Labute approximate surface area is 111 Å². The van der Waals surface area contributed by atoms with Crippen LogP contribution in [0.25, 0.3) is 0 Å². The Morgan fingerprint density at radius 2 is 1.83 bits per heavy atom. The van der Waals surface area contributed by atoms with Gasteiger partial charge in [-0.05, 0) is 57.4 Å². The summed E-state index contributed by atoms with van der Waals surface area (Å²) in [5, 5.41) is 3.28. The maximum atomic E-state index is 3.28. The van der Waals surface area contributed by atoms with Gasteiger partial charge in [0, 0.05) is 24.3 Å². The molecule has 2 nitrogen and oxygen atoms in total. The van der Waals surface area contributed by atoms with Crippen molar-refractivity contribution in [2.45, 2.75) is 45.7 Å². The minimum absolute atomic E-state index is 0.428. The molecule has 0 spiro atoms. The molecule has 1 aromatic rings. The molecule has 0 amide bonds. The highest BCUT2D eigenvalue weighted by Gasteiger charge is 2.22. The molecule has 0 radical (unpaired) electrons. The zero-order valence-corrected chi connectivity index (χ0v) is 12.1. The minimum Gasteiger partial charge on any atom is -0.369 e. The van der Waals surface area contributed by atoms with Gasteiger partial charge in [-0.1, -0.05) is 19.1 Å². The maximum Gasteiger partial charge on any atom is 0.0368 e. The number of rotatable bonds is 3. The van der Waals surface area contributed by atoms with Crippen LogP contribution in [0.4, 0.5) is 5.69 Å². The van der Waals surface area contributed by atoms with Gasteiger partial charge in [0.2, 0.25) is 0 Å². The van der Waals surface area contributed by atoms with E-state index < -0.39 is 0 Å². The Morgan fingerprint density at radius 3 is 2.44 bits per heavy atom. The number of benzene rings is 1. The van der Waals surface area contributed by atoms with Crippen molar-refractivity contribution in [3.63, 3.8) is 0 Å². The van der Waals surface area contributed by atoms with Crippen LogP contribution in [0.2, 0.25) is 0 Å². The fraction of sp³-hybridized carbons (Fsp3) is 0.625. The molecule has 0 aliphatic carbocycles. The summed E-state index contributed by atoms with van der Waals surface area (Å²) in [5.74, 6) is 0.817. The van der Waals surface area contributed by atoms with Crippen LogP contribution in [0.15, 0.2) is 24.3 Å². The molecule has 3 unspecified atom stereocenters. The van der Waals surface area contributed by atoms with Crippen LogP contribution in [-0.2, 0) is 0 Å². The number of hydrogen-bond donors (Lipinski definition) is 1. The third-order valence-corrected chi connectivity index (χ3v) is 4.28. The molecular formula is C16H26N2. The number of anilines is 1. The second-order valence-electron chi connectivity index (χ2n) is 5.79. The average Bonchev–Trinajstić information content (AvgIpc) is 2.41. The van der Waals surface area contributed by atoms with E-state index in [9.17, 15) is 0 Å². The summed E-state index contributed by atoms with van der Waals surface area (Å²) in [6.45, 7) is 8.09. The zero-order chi connectivity index (χ0) is 13.1. The number of hydrogen-bond acceptors (Lipinski definition) is 2. The van der Waals surface area contributed by atoms with Crippen molar-refractivity contribution in [2.24, 2.45) is 5.92 Å². The van der Waals surface area contributed by atoms with E-state index in [1.54, 1.807) is 0 Å². The molecule has 1 fully saturated rings. The Bertz CT molecular complexity index is 371. The number of nitrogens with one attached hydrogen (secondary N) is 1. The third kappa shape index (κ3) is 2.86. The van der Waals surface area contributed by atoms with E-state index in [0.717, 1.165) is 5.92 Å². The van der Waals surface area contributed by atoms with Crippen molar-refractivity contribution < 1.29 is 0 Å². The molecule has 1 N–H and O–H groups in total. The Kier molecular flexibility index (Phi) is 4.28. The molecule has 0 bridgehead atoms. The van der Waals surface area contributed by atoms with Crippen LogP contribution >= 0.6 is 0 Å². The topological polar surface area (TPSA) is 15.3 Å². The van der Waals surface area contributed by atoms with Gasteiger partial charge in [-0.15, -0.1) is 0 Å². The molecule has 1 heterocycles. The van der Waals surface area contributed by atoms with Gasteiger partial charge in [0.1, 0.15) is 0 Å². The van der Waals surface area contributed by atoms with Crippen molar-refractivity contribution in [1.82, 2.24) is 5.32 Å². The van der Waals surface area contributed by atoms with Gasteiger partial charge in [0.05, 0.1) is 0 Å². The first-order chi connectivity index (χ1) is 8.61. The predicted molar refractivity (Wildman–Crippen MR) is 79.1 cm³/mol. The smallest absolute Gasteiger partial charge is 0.0368 e. The van der Waals surface area contributed by atoms with Crippen LogP contribution in [0.5, 0.6) is 0 Å². The van der Waals surface area contributed by atoms with Crippen LogP contribution in [0, 0.1) is 5.92 Å². The predicted octanol–water partition coefficient (Wildman–Crippen LogP) is 3.59. The second-order valence-corrected chi connectivity index (χ2v) is 5.79. The van der Waals surface area contributed by atoms with Gasteiger partial charge in [0.15, 0.2) is 0 Å². The first-order valence-electron chi connectivity index (χ1n) is 7.15. The maximum absolute atomic E-state index is 3.28. The summed E-state index contributed by atoms with van der Waals surface area (Å²) in [5.41, 5.74) is 2.74. The highest BCUT2D eigenvalue weighted by Crippen LogP contribution is 2.28. The average molecular weight is 246 g/mol. The lowest BCUT2D eigenvalue weighted by molar-refractivity contribution is 0.390. The lowest BCUT2D eigenvalue weighted by Gasteiger charge is -2.38. The quantitative estimate of drug-likeness (QED) is 0.876. The summed E-state index contributed by atoms with van der Waals surface area (Å²) in [7, 11) is 2.01. The van der Waals surface area contributed by atoms with E-state index in [-0.39, 0.29) is 0 Å². The first kappa shape index (κ1) is 13.4. The summed E-state index contributed by atoms with van der Waals surface area (Å²) >= 11 is 0. The summed E-state index contributed by atoms with van der Waals surface area (Å²) in [6.07, 6.45) is 2.68. The lowest BCUT2D eigenvalue weighted by Crippen LogP contribution is -2.41. The zero-order valence-electron chi connectivity index (χ0n) is 12.1. The van der Waals surface area contributed by atoms with Gasteiger partial charge in [-0.2, -0.15) is 0 Å². The van der Waals surface area contributed by atoms with Gasteiger partial charge < -0.3 is 10.2 Å². The molecule has 2 heteroatoms.